The fraction of sp³-hybridized carbons (Fsp3) is 0.250. The first kappa shape index (κ1) is 20.7. The number of fused-ring (bicyclic) bond motifs is 1. The van der Waals surface area contributed by atoms with Crippen molar-refractivity contribution in [2.24, 2.45) is 0 Å². The van der Waals surface area contributed by atoms with Gasteiger partial charge in [0.2, 0.25) is 0 Å². The number of hydrogen-bond donors (Lipinski definition) is 0. The summed E-state index contributed by atoms with van der Waals surface area (Å²) in [6, 6.07) is 10.8. The van der Waals surface area contributed by atoms with Crippen molar-refractivity contribution in [3.8, 4) is 11.5 Å². The maximum absolute atomic E-state index is 14.2. The van der Waals surface area contributed by atoms with Gasteiger partial charge in [0.25, 0.3) is 0 Å². The van der Waals surface area contributed by atoms with E-state index in [1.807, 2.05) is 13.8 Å². The molecule has 3 rings (SSSR count). The van der Waals surface area contributed by atoms with E-state index in [1.165, 1.54) is 18.2 Å². The van der Waals surface area contributed by atoms with E-state index in [-0.39, 0.29) is 28.2 Å². The lowest BCUT2D eigenvalue weighted by Crippen LogP contribution is -2.25. The molecule has 0 saturated carbocycles. The SMILES string of the molecule is CCN(CC)c1nc2ccc(Br)cc2c(C(F)(F)F)c1Oc1ccc(Cl)cc1. The molecule has 0 spiro atoms. The van der Waals surface area contributed by atoms with Crippen LogP contribution in [0.15, 0.2) is 46.9 Å². The van der Waals surface area contributed by atoms with Crippen molar-refractivity contribution in [3.63, 3.8) is 0 Å². The third kappa shape index (κ3) is 4.20. The Bertz CT molecular complexity index is 989. The molecule has 0 atom stereocenters. The molecule has 2 aromatic carbocycles. The Hall–Kier alpha value is -1.99. The minimum absolute atomic E-state index is 0.0262. The van der Waals surface area contributed by atoms with Crippen LogP contribution in [-0.4, -0.2) is 18.1 Å². The van der Waals surface area contributed by atoms with Crippen LogP contribution >= 0.6 is 27.5 Å². The zero-order chi connectivity index (χ0) is 20.5. The minimum Gasteiger partial charge on any atom is -0.453 e. The molecule has 0 unspecified atom stereocenters. The molecule has 0 aliphatic heterocycles. The second-order valence-electron chi connectivity index (χ2n) is 6.03. The van der Waals surface area contributed by atoms with Crippen LogP contribution in [0.3, 0.4) is 0 Å². The summed E-state index contributed by atoms with van der Waals surface area (Å²) >= 11 is 9.13. The topological polar surface area (TPSA) is 25.4 Å². The fourth-order valence-corrected chi connectivity index (χ4v) is 3.43. The molecule has 0 saturated heterocycles. The van der Waals surface area contributed by atoms with Gasteiger partial charge in [-0.05, 0) is 56.3 Å². The summed E-state index contributed by atoms with van der Waals surface area (Å²) in [5.41, 5.74) is -0.600. The summed E-state index contributed by atoms with van der Waals surface area (Å²) in [5.74, 6) is 0.0886. The normalized spacial score (nSPS) is 11.7. The van der Waals surface area contributed by atoms with Gasteiger partial charge in [0.15, 0.2) is 11.6 Å². The highest BCUT2D eigenvalue weighted by atomic mass is 79.9. The van der Waals surface area contributed by atoms with E-state index >= 15 is 0 Å². The van der Waals surface area contributed by atoms with Crippen LogP contribution in [0.4, 0.5) is 19.0 Å². The number of anilines is 1. The Morgan fingerprint density at radius 1 is 1.07 bits per heavy atom. The molecule has 0 radical (unpaired) electrons. The molecule has 1 aromatic heterocycles. The molecule has 3 aromatic rings. The maximum atomic E-state index is 14.2. The number of pyridine rings is 1. The molecule has 148 valence electrons. The highest BCUT2D eigenvalue weighted by Gasteiger charge is 2.39. The Balaban J connectivity index is 2.35. The van der Waals surface area contributed by atoms with E-state index < -0.39 is 11.7 Å². The Kier molecular flexibility index (Phi) is 6.05. The number of nitrogens with zero attached hydrogens (tertiary/aromatic N) is 2. The summed E-state index contributed by atoms with van der Waals surface area (Å²) in [6.07, 6.45) is -4.63. The van der Waals surface area contributed by atoms with Gasteiger partial charge in [0.05, 0.1) is 5.52 Å². The number of alkyl halides is 3. The van der Waals surface area contributed by atoms with E-state index in [4.69, 9.17) is 16.3 Å². The van der Waals surface area contributed by atoms with Gasteiger partial charge in [-0.1, -0.05) is 27.5 Å². The molecule has 0 N–H and O–H groups in total. The zero-order valence-electron chi connectivity index (χ0n) is 15.1. The van der Waals surface area contributed by atoms with E-state index in [0.717, 1.165) is 0 Å². The molecule has 28 heavy (non-hydrogen) atoms. The van der Waals surface area contributed by atoms with Gasteiger partial charge >= 0.3 is 6.18 Å². The van der Waals surface area contributed by atoms with E-state index in [2.05, 4.69) is 20.9 Å². The molecule has 0 aliphatic rings. The van der Waals surface area contributed by atoms with Crippen molar-refractivity contribution in [3.05, 3.63) is 57.5 Å². The molecule has 1 heterocycles. The standard InChI is InChI=1S/C20H17BrClF3N2O/c1-3-27(4-2)19-18(28-14-8-6-13(22)7-9-14)17(20(23,24)25)15-11-12(21)5-10-16(15)26-19/h5-11H,3-4H2,1-2H3. The Morgan fingerprint density at radius 2 is 1.71 bits per heavy atom. The second-order valence-corrected chi connectivity index (χ2v) is 7.38. The van der Waals surface area contributed by atoms with Crippen LogP contribution < -0.4 is 9.64 Å². The molecular formula is C20H17BrClF3N2O. The van der Waals surface area contributed by atoms with Gasteiger partial charge in [0.1, 0.15) is 11.3 Å². The van der Waals surface area contributed by atoms with Crippen molar-refractivity contribution in [2.75, 3.05) is 18.0 Å². The Morgan fingerprint density at radius 3 is 2.29 bits per heavy atom. The fourth-order valence-electron chi connectivity index (χ4n) is 2.94. The van der Waals surface area contributed by atoms with Crippen molar-refractivity contribution in [1.82, 2.24) is 4.98 Å². The number of benzene rings is 2. The smallest absolute Gasteiger partial charge is 0.420 e. The van der Waals surface area contributed by atoms with E-state index in [0.29, 0.717) is 22.6 Å². The summed E-state index contributed by atoms with van der Waals surface area (Å²) < 4.78 is 48.8. The molecule has 8 heteroatoms. The summed E-state index contributed by atoms with van der Waals surface area (Å²) in [6.45, 7) is 4.69. The van der Waals surface area contributed by atoms with Crippen molar-refractivity contribution >= 4 is 44.3 Å². The van der Waals surface area contributed by atoms with Crippen molar-refractivity contribution < 1.29 is 17.9 Å². The van der Waals surface area contributed by atoms with Crippen molar-refractivity contribution in [1.29, 1.82) is 0 Å². The lowest BCUT2D eigenvalue weighted by Gasteiger charge is -2.26. The van der Waals surface area contributed by atoms with Gasteiger partial charge < -0.3 is 9.64 Å². The van der Waals surface area contributed by atoms with E-state index in [9.17, 15) is 13.2 Å². The average Bonchev–Trinajstić information content (AvgIpc) is 2.63. The van der Waals surface area contributed by atoms with Crippen LogP contribution in [0.5, 0.6) is 11.5 Å². The summed E-state index contributed by atoms with van der Waals surface area (Å²) in [7, 11) is 0. The third-order valence-electron chi connectivity index (χ3n) is 4.26. The predicted octanol–water partition coefficient (Wildman–Crippen LogP) is 7.31. The average molecular weight is 474 g/mol. The lowest BCUT2D eigenvalue weighted by molar-refractivity contribution is -0.137. The number of rotatable bonds is 5. The molecule has 0 fully saturated rings. The lowest BCUT2D eigenvalue weighted by atomic mass is 10.1. The molecular weight excluding hydrogens is 457 g/mol. The van der Waals surface area contributed by atoms with Gasteiger partial charge in [-0.3, -0.25) is 0 Å². The first-order chi connectivity index (χ1) is 13.2. The number of ether oxygens (including phenoxy) is 1. The monoisotopic (exact) mass is 472 g/mol. The molecule has 0 amide bonds. The van der Waals surface area contributed by atoms with Crippen molar-refractivity contribution in [2.45, 2.75) is 20.0 Å². The van der Waals surface area contributed by atoms with Gasteiger partial charge in [-0.15, -0.1) is 0 Å². The van der Waals surface area contributed by atoms with Gasteiger partial charge in [-0.2, -0.15) is 13.2 Å². The highest BCUT2D eigenvalue weighted by Crippen LogP contribution is 2.47. The third-order valence-corrected chi connectivity index (χ3v) is 5.01. The predicted molar refractivity (Wildman–Crippen MR) is 110 cm³/mol. The van der Waals surface area contributed by atoms with Crippen LogP contribution in [0.25, 0.3) is 10.9 Å². The van der Waals surface area contributed by atoms with E-state index in [1.54, 1.807) is 29.2 Å². The Labute approximate surface area is 174 Å². The number of halogens is 5. The van der Waals surface area contributed by atoms with Gasteiger partial charge in [-0.25, -0.2) is 4.98 Å². The largest absolute Gasteiger partial charge is 0.453 e. The molecule has 0 aliphatic carbocycles. The van der Waals surface area contributed by atoms with Crippen LogP contribution in [0.1, 0.15) is 19.4 Å². The second kappa shape index (κ2) is 8.17. The number of hydrogen-bond acceptors (Lipinski definition) is 3. The minimum atomic E-state index is -4.63. The summed E-state index contributed by atoms with van der Waals surface area (Å²) in [5, 5.41) is 0.440. The van der Waals surface area contributed by atoms with Crippen LogP contribution in [0.2, 0.25) is 5.02 Å². The highest BCUT2D eigenvalue weighted by molar-refractivity contribution is 9.10. The van der Waals surface area contributed by atoms with Crippen LogP contribution in [0, 0.1) is 0 Å². The first-order valence-corrected chi connectivity index (χ1v) is 9.80. The van der Waals surface area contributed by atoms with Gasteiger partial charge in [0, 0.05) is 28.0 Å². The quantitative estimate of drug-likeness (QED) is 0.388. The molecule has 0 bridgehead atoms. The maximum Gasteiger partial charge on any atom is 0.420 e. The zero-order valence-corrected chi connectivity index (χ0v) is 17.5. The first-order valence-electron chi connectivity index (χ1n) is 8.63. The van der Waals surface area contributed by atoms with Crippen LogP contribution in [-0.2, 0) is 6.18 Å². The molecule has 3 nitrogen and oxygen atoms in total. The number of aromatic nitrogens is 1. The summed E-state index contributed by atoms with van der Waals surface area (Å²) in [4.78, 5) is 6.24.